The van der Waals surface area contributed by atoms with Crippen molar-refractivity contribution in [2.75, 3.05) is 11.9 Å². The van der Waals surface area contributed by atoms with Crippen LogP contribution in [0.2, 0.25) is 0 Å². The normalized spacial score (nSPS) is 16.1. The van der Waals surface area contributed by atoms with E-state index < -0.39 is 0 Å². The van der Waals surface area contributed by atoms with Crippen LogP contribution in [-0.4, -0.2) is 11.5 Å². The van der Waals surface area contributed by atoms with Gasteiger partial charge in [0.25, 0.3) is 0 Å². The average Bonchev–Trinajstić information content (AvgIpc) is 2.69. The summed E-state index contributed by atoms with van der Waals surface area (Å²) in [7, 11) is 0. The van der Waals surface area contributed by atoms with Crippen LogP contribution < -0.4 is 5.32 Å². The van der Waals surface area contributed by atoms with Crippen molar-refractivity contribution in [3.05, 3.63) is 24.1 Å². The number of aromatic nitrogens is 1. The maximum absolute atomic E-state index is 5.59. The Bertz CT molecular complexity index is 514. The predicted molar refractivity (Wildman–Crippen MR) is 69.2 cm³/mol. The molecule has 1 heterocycles. The fourth-order valence-electron chi connectivity index (χ4n) is 2.20. The van der Waals surface area contributed by atoms with Crippen LogP contribution in [-0.2, 0) is 6.42 Å². The van der Waals surface area contributed by atoms with E-state index in [-0.39, 0.29) is 0 Å². The first-order chi connectivity index (χ1) is 8.35. The summed E-state index contributed by atoms with van der Waals surface area (Å²) < 4.78 is 5.59. The quantitative estimate of drug-likeness (QED) is 0.872. The molecule has 1 aromatic carbocycles. The second-order valence-corrected chi connectivity index (χ2v) is 4.82. The number of fused-ring (bicyclic) bond motifs is 1. The molecular weight excluding hydrogens is 212 g/mol. The molecule has 1 aromatic heterocycles. The molecule has 1 aliphatic carbocycles. The van der Waals surface area contributed by atoms with Gasteiger partial charge in [-0.2, -0.15) is 0 Å². The Kier molecular flexibility index (Phi) is 2.75. The van der Waals surface area contributed by atoms with Crippen molar-refractivity contribution in [2.45, 2.75) is 32.6 Å². The highest BCUT2D eigenvalue weighted by Crippen LogP contribution is 2.27. The van der Waals surface area contributed by atoms with Crippen LogP contribution >= 0.6 is 0 Å². The zero-order valence-corrected chi connectivity index (χ0v) is 10.2. The molecule has 0 radical (unpaired) electrons. The van der Waals surface area contributed by atoms with Crippen molar-refractivity contribution in [2.24, 2.45) is 5.92 Å². The van der Waals surface area contributed by atoms with Gasteiger partial charge in [-0.1, -0.05) is 13.3 Å². The Morgan fingerprint density at radius 1 is 1.41 bits per heavy atom. The van der Waals surface area contributed by atoms with Crippen LogP contribution in [0.4, 0.5) is 5.69 Å². The molecule has 0 bridgehead atoms. The van der Waals surface area contributed by atoms with Crippen LogP contribution in [0.25, 0.3) is 11.1 Å². The second kappa shape index (κ2) is 4.40. The van der Waals surface area contributed by atoms with E-state index in [4.69, 9.17) is 4.42 Å². The third kappa shape index (κ3) is 2.14. The van der Waals surface area contributed by atoms with Crippen LogP contribution in [0.5, 0.6) is 0 Å². The number of aryl methyl sites for hydroxylation is 1. The van der Waals surface area contributed by atoms with E-state index in [0.717, 1.165) is 41.6 Å². The zero-order valence-electron chi connectivity index (χ0n) is 10.2. The van der Waals surface area contributed by atoms with Crippen molar-refractivity contribution < 1.29 is 4.42 Å². The first kappa shape index (κ1) is 10.6. The number of benzene rings is 1. The molecule has 0 atom stereocenters. The van der Waals surface area contributed by atoms with E-state index in [0.29, 0.717) is 0 Å². The minimum absolute atomic E-state index is 0.816. The lowest BCUT2D eigenvalue weighted by Crippen LogP contribution is -2.20. The van der Waals surface area contributed by atoms with Gasteiger partial charge in [0.15, 0.2) is 11.5 Å². The molecule has 1 aliphatic rings. The minimum Gasteiger partial charge on any atom is -0.441 e. The molecular formula is C14H18N2O. The van der Waals surface area contributed by atoms with Crippen molar-refractivity contribution in [1.82, 2.24) is 4.98 Å². The Balaban J connectivity index is 1.75. The molecule has 0 saturated heterocycles. The van der Waals surface area contributed by atoms with E-state index in [1.54, 1.807) is 0 Å². The molecule has 1 saturated carbocycles. The summed E-state index contributed by atoms with van der Waals surface area (Å²) in [5.74, 6) is 1.69. The summed E-state index contributed by atoms with van der Waals surface area (Å²) in [6.07, 6.45) is 4.99. The molecule has 1 N–H and O–H groups in total. The predicted octanol–water partition coefficient (Wildman–Crippen LogP) is 3.60. The monoisotopic (exact) mass is 230 g/mol. The third-order valence-electron chi connectivity index (χ3n) is 3.55. The molecule has 0 unspecified atom stereocenters. The highest BCUT2D eigenvalue weighted by Gasteiger charge is 2.16. The van der Waals surface area contributed by atoms with Gasteiger partial charge < -0.3 is 9.73 Å². The van der Waals surface area contributed by atoms with E-state index in [1.807, 2.05) is 6.07 Å². The molecule has 1 fully saturated rings. The number of oxazole rings is 1. The van der Waals surface area contributed by atoms with Gasteiger partial charge in [0.2, 0.25) is 0 Å². The second-order valence-electron chi connectivity index (χ2n) is 4.82. The summed E-state index contributed by atoms with van der Waals surface area (Å²) in [4.78, 5) is 4.45. The molecule has 90 valence electrons. The van der Waals surface area contributed by atoms with Crippen molar-refractivity contribution in [1.29, 1.82) is 0 Å². The molecule has 0 aliphatic heterocycles. The Labute approximate surface area is 101 Å². The number of nitrogens with zero attached hydrogens (tertiary/aromatic N) is 1. The van der Waals surface area contributed by atoms with Gasteiger partial charge in [-0.05, 0) is 37.0 Å². The Morgan fingerprint density at radius 3 is 3.00 bits per heavy atom. The van der Waals surface area contributed by atoms with E-state index in [1.165, 1.54) is 19.3 Å². The summed E-state index contributed by atoms with van der Waals surface area (Å²) in [5, 5.41) is 3.48. The number of anilines is 1. The first-order valence-corrected chi connectivity index (χ1v) is 6.48. The SMILES string of the molecule is CCc1nc2cc(NCC3CCC3)ccc2o1. The van der Waals surface area contributed by atoms with Gasteiger partial charge in [0.1, 0.15) is 5.52 Å². The standard InChI is InChI=1S/C14H18N2O/c1-2-14-16-12-8-11(6-7-13(12)17-14)15-9-10-4-3-5-10/h6-8,10,15H,2-5,9H2,1H3. The van der Waals surface area contributed by atoms with Gasteiger partial charge in [-0.25, -0.2) is 4.98 Å². The summed E-state index contributed by atoms with van der Waals surface area (Å²) in [6, 6.07) is 6.16. The fourth-order valence-corrected chi connectivity index (χ4v) is 2.20. The van der Waals surface area contributed by atoms with Gasteiger partial charge in [-0.3, -0.25) is 0 Å². The van der Waals surface area contributed by atoms with Gasteiger partial charge in [0, 0.05) is 18.7 Å². The molecule has 0 spiro atoms. The topological polar surface area (TPSA) is 38.1 Å². The van der Waals surface area contributed by atoms with E-state index in [9.17, 15) is 0 Å². The summed E-state index contributed by atoms with van der Waals surface area (Å²) in [6.45, 7) is 3.14. The lowest BCUT2D eigenvalue weighted by molar-refractivity contribution is 0.333. The largest absolute Gasteiger partial charge is 0.441 e. The molecule has 3 heteroatoms. The molecule has 2 aromatic rings. The highest BCUT2D eigenvalue weighted by atomic mass is 16.3. The Morgan fingerprint density at radius 2 is 2.29 bits per heavy atom. The molecule has 0 amide bonds. The lowest BCUT2D eigenvalue weighted by Gasteiger charge is -2.25. The van der Waals surface area contributed by atoms with Crippen LogP contribution in [0.3, 0.4) is 0 Å². The van der Waals surface area contributed by atoms with E-state index >= 15 is 0 Å². The minimum atomic E-state index is 0.816. The molecule has 3 nitrogen and oxygen atoms in total. The maximum atomic E-state index is 5.59. The van der Waals surface area contributed by atoms with Gasteiger partial charge in [0.05, 0.1) is 0 Å². The van der Waals surface area contributed by atoms with Crippen LogP contribution in [0.15, 0.2) is 22.6 Å². The Hall–Kier alpha value is -1.51. The first-order valence-electron chi connectivity index (χ1n) is 6.48. The number of rotatable bonds is 4. The van der Waals surface area contributed by atoms with Crippen molar-refractivity contribution >= 4 is 16.8 Å². The van der Waals surface area contributed by atoms with Gasteiger partial charge >= 0.3 is 0 Å². The van der Waals surface area contributed by atoms with Gasteiger partial charge in [-0.15, -0.1) is 0 Å². The molecule has 17 heavy (non-hydrogen) atoms. The smallest absolute Gasteiger partial charge is 0.195 e. The summed E-state index contributed by atoms with van der Waals surface area (Å²) in [5.41, 5.74) is 3.00. The van der Waals surface area contributed by atoms with E-state index in [2.05, 4.69) is 29.4 Å². The lowest BCUT2D eigenvalue weighted by atomic mass is 9.85. The average molecular weight is 230 g/mol. The summed E-state index contributed by atoms with van der Waals surface area (Å²) >= 11 is 0. The third-order valence-corrected chi connectivity index (χ3v) is 3.55. The highest BCUT2D eigenvalue weighted by molar-refractivity contribution is 5.77. The van der Waals surface area contributed by atoms with Crippen molar-refractivity contribution in [3.8, 4) is 0 Å². The van der Waals surface area contributed by atoms with Crippen molar-refractivity contribution in [3.63, 3.8) is 0 Å². The number of hydrogen-bond acceptors (Lipinski definition) is 3. The molecule has 3 rings (SSSR count). The maximum Gasteiger partial charge on any atom is 0.195 e. The fraction of sp³-hybridized carbons (Fsp3) is 0.500. The number of nitrogens with one attached hydrogen (secondary N) is 1. The zero-order chi connectivity index (χ0) is 11.7. The van der Waals surface area contributed by atoms with Crippen LogP contribution in [0, 0.1) is 5.92 Å². The van der Waals surface area contributed by atoms with Crippen LogP contribution in [0.1, 0.15) is 32.1 Å². The number of hydrogen-bond donors (Lipinski definition) is 1.